The molecule has 158 valence electrons. The molecular formula is C24H29ClN4O. The van der Waals surface area contributed by atoms with Crippen LogP contribution < -0.4 is 10.6 Å². The van der Waals surface area contributed by atoms with Crippen LogP contribution >= 0.6 is 12.4 Å². The fraction of sp³-hybridized carbons (Fsp3) is 0.333. The predicted octanol–water partition coefficient (Wildman–Crippen LogP) is 4.06. The van der Waals surface area contributed by atoms with Crippen molar-refractivity contribution >= 4 is 18.3 Å². The molecule has 0 saturated carbocycles. The molecule has 1 amide bonds. The van der Waals surface area contributed by atoms with E-state index in [1.54, 1.807) is 0 Å². The number of nitrogens with zero attached hydrogens (tertiary/aromatic N) is 2. The molecule has 2 N–H and O–H groups in total. The van der Waals surface area contributed by atoms with Gasteiger partial charge in [-0.1, -0.05) is 60.2 Å². The molecule has 5 nitrogen and oxygen atoms in total. The Labute approximate surface area is 184 Å². The molecule has 1 atom stereocenters. The van der Waals surface area contributed by atoms with Gasteiger partial charge < -0.3 is 10.6 Å². The lowest BCUT2D eigenvalue weighted by Crippen LogP contribution is -2.26. The van der Waals surface area contributed by atoms with Crippen molar-refractivity contribution in [2.75, 3.05) is 19.6 Å². The summed E-state index contributed by atoms with van der Waals surface area (Å²) in [4.78, 5) is 13.0. The van der Waals surface area contributed by atoms with Crippen LogP contribution in [0.25, 0.3) is 11.3 Å². The van der Waals surface area contributed by atoms with Crippen LogP contribution in [0.5, 0.6) is 0 Å². The molecule has 4 rings (SSSR count). The van der Waals surface area contributed by atoms with E-state index in [0.717, 1.165) is 36.3 Å². The summed E-state index contributed by atoms with van der Waals surface area (Å²) in [5, 5.41) is 11.2. The van der Waals surface area contributed by atoms with Crippen molar-refractivity contribution in [2.24, 2.45) is 5.92 Å². The molecule has 6 heteroatoms. The second-order valence-corrected chi connectivity index (χ2v) is 7.84. The number of nitrogens with one attached hydrogen (secondary N) is 2. The van der Waals surface area contributed by atoms with E-state index in [1.165, 1.54) is 12.0 Å². The average Bonchev–Trinajstić information content (AvgIpc) is 3.39. The van der Waals surface area contributed by atoms with Crippen LogP contribution in [0.15, 0.2) is 60.8 Å². The fourth-order valence-corrected chi connectivity index (χ4v) is 3.81. The molecule has 0 aliphatic carbocycles. The maximum Gasteiger partial charge on any atom is 0.255 e. The van der Waals surface area contributed by atoms with Crippen molar-refractivity contribution in [1.82, 2.24) is 20.4 Å². The summed E-state index contributed by atoms with van der Waals surface area (Å²) in [7, 11) is 0. The summed E-state index contributed by atoms with van der Waals surface area (Å²) in [5.41, 5.74) is 4.68. The van der Waals surface area contributed by atoms with Crippen molar-refractivity contribution in [1.29, 1.82) is 0 Å². The zero-order valence-corrected chi connectivity index (χ0v) is 18.1. The van der Waals surface area contributed by atoms with Gasteiger partial charge in [0.1, 0.15) is 5.69 Å². The Balaban J connectivity index is 0.00000256. The first-order chi connectivity index (χ1) is 14.2. The van der Waals surface area contributed by atoms with Gasteiger partial charge in [-0.15, -0.1) is 12.4 Å². The highest BCUT2D eigenvalue weighted by molar-refractivity contribution is 5.99. The van der Waals surface area contributed by atoms with E-state index in [1.807, 2.05) is 41.2 Å². The molecule has 1 fully saturated rings. The number of hydrogen-bond acceptors (Lipinski definition) is 3. The second kappa shape index (κ2) is 10.4. The van der Waals surface area contributed by atoms with Crippen LogP contribution in [0, 0.1) is 12.8 Å². The first-order valence-electron chi connectivity index (χ1n) is 10.4. The number of rotatable bonds is 7. The van der Waals surface area contributed by atoms with Crippen LogP contribution in [0.4, 0.5) is 0 Å². The van der Waals surface area contributed by atoms with Crippen LogP contribution in [0.2, 0.25) is 0 Å². The van der Waals surface area contributed by atoms with E-state index < -0.39 is 0 Å². The number of aromatic nitrogens is 2. The van der Waals surface area contributed by atoms with Crippen molar-refractivity contribution in [2.45, 2.75) is 26.3 Å². The summed E-state index contributed by atoms with van der Waals surface area (Å²) >= 11 is 0. The van der Waals surface area contributed by atoms with Gasteiger partial charge >= 0.3 is 0 Å². The van der Waals surface area contributed by atoms with Crippen LogP contribution in [0.1, 0.15) is 34.3 Å². The van der Waals surface area contributed by atoms with Gasteiger partial charge in [0.05, 0.1) is 12.1 Å². The van der Waals surface area contributed by atoms with Gasteiger partial charge in [-0.25, -0.2) is 0 Å². The lowest BCUT2D eigenvalue weighted by Gasteiger charge is -2.09. The minimum absolute atomic E-state index is 0. The van der Waals surface area contributed by atoms with E-state index in [0.29, 0.717) is 24.6 Å². The minimum atomic E-state index is -0.0501. The van der Waals surface area contributed by atoms with Gasteiger partial charge in [0.15, 0.2) is 0 Å². The molecule has 0 spiro atoms. The molecule has 1 aliphatic rings. The first kappa shape index (κ1) is 22.1. The highest BCUT2D eigenvalue weighted by atomic mass is 35.5. The fourth-order valence-electron chi connectivity index (χ4n) is 3.81. The molecule has 0 radical (unpaired) electrons. The molecule has 2 aromatic carbocycles. The Hall–Kier alpha value is -2.63. The Morgan fingerprint density at radius 1 is 1.17 bits per heavy atom. The summed E-state index contributed by atoms with van der Waals surface area (Å²) < 4.78 is 1.86. The summed E-state index contributed by atoms with van der Waals surface area (Å²) in [5.74, 6) is 0.610. The molecule has 30 heavy (non-hydrogen) atoms. The molecule has 3 aromatic rings. The zero-order chi connectivity index (χ0) is 20.1. The maximum absolute atomic E-state index is 13.0. The first-order valence-corrected chi connectivity index (χ1v) is 10.4. The van der Waals surface area contributed by atoms with Gasteiger partial charge in [0, 0.05) is 18.3 Å². The Kier molecular flexibility index (Phi) is 7.66. The largest absolute Gasteiger partial charge is 0.352 e. The zero-order valence-electron chi connectivity index (χ0n) is 17.3. The molecule has 1 aromatic heterocycles. The van der Waals surface area contributed by atoms with Gasteiger partial charge in [-0.3, -0.25) is 9.48 Å². The van der Waals surface area contributed by atoms with Crippen LogP contribution in [-0.4, -0.2) is 35.3 Å². The number of hydrogen-bond donors (Lipinski definition) is 2. The Morgan fingerprint density at radius 2 is 1.93 bits per heavy atom. The number of aryl methyl sites for hydroxylation is 1. The summed E-state index contributed by atoms with van der Waals surface area (Å²) in [6.45, 7) is 5.54. The third kappa shape index (κ3) is 5.49. The van der Waals surface area contributed by atoms with Gasteiger partial charge in [-0.2, -0.15) is 5.10 Å². The van der Waals surface area contributed by atoms with Crippen molar-refractivity contribution in [3.63, 3.8) is 0 Å². The normalized spacial score (nSPS) is 15.6. The molecule has 1 aliphatic heterocycles. The topological polar surface area (TPSA) is 59.0 Å². The van der Waals surface area contributed by atoms with Crippen LogP contribution in [0.3, 0.4) is 0 Å². The van der Waals surface area contributed by atoms with E-state index in [4.69, 9.17) is 5.10 Å². The smallest absolute Gasteiger partial charge is 0.255 e. The van der Waals surface area contributed by atoms with Gasteiger partial charge in [0.2, 0.25) is 0 Å². The van der Waals surface area contributed by atoms with E-state index in [-0.39, 0.29) is 18.3 Å². The quantitative estimate of drug-likeness (QED) is 0.601. The third-order valence-corrected chi connectivity index (χ3v) is 5.52. The molecule has 2 heterocycles. The number of benzene rings is 2. The highest BCUT2D eigenvalue weighted by Crippen LogP contribution is 2.23. The van der Waals surface area contributed by atoms with Crippen molar-refractivity contribution < 1.29 is 4.79 Å². The van der Waals surface area contributed by atoms with E-state index in [9.17, 15) is 4.79 Å². The van der Waals surface area contributed by atoms with Gasteiger partial charge in [0.25, 0.3) is 5.91 Å². The van der Waals surface area contributed by atoms with Crippen molar-refractivity contribution in [3.05, 3.63) is 77.5 Å². The van der Waals surface area contributed by atoms with Crippen LogP contribution in [-0.2, 0) is 6.54 Å². The standard InChI is InChI=1S/C24H28N4O.ClH/c1-18-7-9-21(10-8-18)23-22(24(29)26-14-12-19-11-13-25-15-19)17-28(27-23)16-20-5-3-2-4-6-20;/h2-10,17,19,25H,11-16H2,1H3,(H,26,29);1H. The monoisotopic (exact) mass is 424 g/mol. The average molecular weight is 425 g/mol. The summed E-state index contributed by atoms with van der Waals surface area (Å²) in [6.07, 6.45) is 4.07. The second-order valence-electron chi connectivity index (χ2n) is 7.84. The Bertz CT molecular complexity index is 947. The lowest BCUT2D eigenvalue weighted by molar-refractivity contribution is 0.0952. The number of carbonyl (C=O) groups is 1. The minimum Gasteiger partial charge on any atom is -0.352 e. The molecule has 1 unspecified atom stereocenters. The lowest BCUT2D eigenvalue weighted by atomic mass is 10.0. The molecule has 1 saturated heterocycles. The van der Waals surface area contributed by atoms with E-state index in [2.05, 4.69) is 41.8 Å². The van der Waals surface area contributed by atoms with E-state index >= 15 is 0 Å². The number of carbonyl (C=O) groups excluding carboxylic acids is 1. The summed E-state index contributed by atoms with van der Waals surface area (Å²) in [6, 6.07) is 18.4. The maximum atomic E-state index is 13.0. The SMILES string of the molecule is Cc1ccc(-c2nn(Cc3ccccc3)cc2C(=O)NCCC2CCNC2)cc1.Cl. The van der Waals surface area contributed by atoms with Crippen molar-refractivity contribution in [3.8, 4) is 11.3 Å². The van der Waals surface area contributed by atoms with Gasteiger partial charge in [-0.05, 0) is 44.3 Å². The predicted molar refractivity (Wildman–Crippen MR) is 123 cm³/mol. The Morgan fingerprint density at radius 3 is 2.63 bits per heavy atom. The number of amides is 1. The number of halogens is 1. The highest BCUT2D eigenvalue weighted by Gasteiger charge is 2.19. The molecule has 0 bridgehead atoms. The molecular weight excluding hydrogens is 396 g/mol. The third-order valence-electron chi connectivity index (χ3n) is 5.52.